The van der Waals surface area contributed by atoms with Crippen molar-refractivity contribution in [3.8, 4) is 11.4 Å². The SMILES string of the molecule is CCCCOC(=O)CN(c1ccc2c(-c3noc(CCl)n3)cccc2c1)S(=O)(=O)c1cc(Cl)cc(Cl)c1. The van der Waals surface area contributed by atoms with Crippen molar-refractivity contribution in [3.63, 3.8) is 0 Å². The van der Waals surface area contributed by atoms with E-state index in [1.165, 1.54) is 18.2 Å². The topological polar surface area (TPSA) is 103 Å². The molecule has 0 unspecified atom stereocenters. The minimum atomic E-state index is -4.25. The second-order valence-corrected chi connectivity index (χ2v) is 11.0. The molecule has 12 heteroatoms. The number of aromatic nitrogens is 2. The van der Waals surface area contributed by atoms with Crippen LogP contribution < -0.4 is 4.31 Å². The zero-order chi connectivity index (χ0) is 26.6. The van der Waals surface area contributed by atoms with Crippen molar-refractivity contribution in [1.29, 1.82) is 0 Å². The van der Waals surface area contributed by atoms with Crippen LogP contribution in [-0.2, 0) is 25.4 Å². The summed E-state index contributed by atoms with van der Waals surface area (Å²) in [4.78, 5) is 16.8. The van der Waals surface area contributed by atoms with Gasteiger partial charge in [-0.3, -0.25) is 9.10 Å². The number of ether oxygens (including phenoxy) is 1. The maximum atomic E-state index is 13.7. The van der Waals surface area contributed by atoms with Crippen LogP contribution in [0, 0.1) is 0 Å². The van der Waals surface area contributed by atoms with Crippen molar-refractivity contribution in [2.24, 2.45) is 0 Å². The molecular formula is C25H22Cl3N3O5S. The van der Waals surface area contributed by atoms with E-state index in [0.29, 0.717) is 23.2 Å². The number of anilines is 1. The van der Waals surface area contributed by atoms with Crippen molar-refractivity contribution in [2.45, 2.75) is 30.5 Å². The smallest absolute Gasteiger partial charge is 0.326 e. The number of sulfonamides is 1. The molecule has 0 fully saturated rings. The Hall–Kier alpha value is -2.85. The average molecular weight is 583 g/mol. The van der Waals surface area contributed by atoms with Gasteiger partial charge in [-0.15, -0.1) is 11.6 Å². The van der Waals surface area contributed by atoms with Gasteiger partial charge in [0.1, 0.15) is 12.4 Å². The molecule has 37 heavy (non-hydrogen) atoms. The Morgan fingerprint density at radius 1 is 1.08 bits per heavy atom. The number of esters is 1. The molecule has 3 aromatic carbocycles. The first-order valence-corrected chi connectivity index (χ1v) is 14.0. The molecule has 4 rings (SSSR count). The van der Waals surface area contributed by atoms with E-state index in [2.05, 4.69) is 10.1 Å². The van der Waals surface area contributed by atoms with Crippen molar-refractivity contribution in [2.75, 3.05) is 17.5 Å². The standard InChI is InChI=1S/C25H22Cl3N3O5S/c1-2-3-9-35-24(32)15-31(37(33,34)20-12-17(27)11-18(28)13-20)19-7-8-21-16(10-19)5-4-6-22(21)25-29-23(14-26)36-30-25/h4-8,10-13H,2-3,9,14-15H2,1H3. The van der Waals surface area contributed by atoms with Gasteiger partial charge in [0.2, 0.25) is 11.7 Å². The molecule has 0 saturated heterocycles. The van der Waals surface area contributed by atoms with Crippen LogP contribution in [-0.4, -0.2) is 37.7 Å². The predicted octanol–water partition coefficient (Wildman–Crippen LogP) is 6.47. The van der Waals surface area contributed by atoms with E-state index in [-0.39, 0.29) is 39.0 Å². The van der Waals surface area contributed by atoms with Gasteiger partial charge in [0.15, 0.2) is 0 Å². The molecule has 0 spiro atoms. The number of hydrogen-bond acceptors (Lipinski definition) is 7. The van der Waals surface area contributed by atoms with Gasteiger partial charge in [-0.05, 0) is 47.5 Å². The molecule has 194 valence electrons. The lowest BCUT2D eigenvalue weighted by Crippen LogP contribution is -2.36. The highest BCUT2D eigenvalue weighted by molar-refractivity contribution is 7.92. The minimum absolute atomic E-state index is 0.0800. The number of alkyl halides is 1. The summed E-state index contributed by atoms with van der Waals surface area (Å²) in [7, 11) is -4.25. The van der Waals surface area contributed by atoms with Crippen LogP contribution in [0.3, 0.4) is 0 Å². The third kappa shape index (κ3) is 6.18. The largest absolute Gasteiger partial charge is 0.464 e. The van der Waals surface area contributed by atoms with Crippen molar-refractivity contribution >= 4 is 67.3 Å². The first-order chi connectivity index (χ1) is 17.7. The summed E-state index contributed by atoms with van der Waals surface area (Å²) in [6.45, 7) is 1.62. The minimum Gasteiger partial charge on any atom is -0.464 e. The van der Waals surface area contributed by atoms with Gasteiger partial charge in [0.25, 0.3) is 10.0 Å². The lowest BCUT2D eigenvalue weighted by Gasteiger charge is -2.24. The van der Waals surface area contributed by atoms with E-state index in [9.17, 15) is 13.2 Å². The molecule has 0 radical (unpaired) electrons. The van der Waals surface area contributed by atoms with Crippen molar-refractivity contribution < 1.29 is 22.5 Å². The van der Waals surface area contributed by atoms with Gasteiger partial charge in [0.05, 0.1) is 17.2 Å². The lowest BCUT2D eigenvalue weighted by atomic mass is 10.0. The van der Waals surface area contributed by atoms with Gasteiger partial charge in [0, 0.05) is 15.6 Å². The van der Waals surface area contributed by atoms with Crippen molar-refractivity contribution in [1.82, 2.24) is 10.1 Å². The first-order valence-electron chi connectivity index (χ1n) is 11.3. The monoisotopic (exact) mass is 581 g/mol. The third-order valence-corrected chi connectivity index (χ3v) is 7.85. The molecule has 0 N–H and O–H groups in total. The van der Waals surface area contributed by atoms with E-state index in [1.807, 2.05) is 19.1 Å². The highest BCUT2D eigenvalue weighted by Crippen LogP contribution is 2.33. The molecule has 0 bridgehead atoms. The predicted molar refractivity (Wildman–Crippen MR) is 144 cm³/mol. The average Bonchev–Trinajstić information content (AvgIpc) is 3.35. The first kappa shape index (κ1) is 27.2. The lowest BCUT2D eigenvalue weighted by molar-refractivity contribution is -0.141. The van der Waals surface area contributed by atoms with Crippen LogP contribution >= 0.6 is 34.8 Å². The van der Waals surface area contributed by atoms with Crippen LogP contribution in [0.25, 0.3) is 22.2 Å². The molecule has 0 saturated carbocycles. The Bertz CT molecular complexity index is 1520. The Morgan fingerprint density at radius 2 is 1.84 bits per heavy atom. The molecule has 4 aromatic rings. The molecule has 0 aliphatic carbocycles. The summed E-state index contributed by atoms with van der Waals surface area (Å²) in [5, 5.41) is 5.71. The van der Waals surface area contributed by atoms with Crippen molar-refractivity contribution in [3.05, 3.63) is 70.5 Å². The normalized spacial score (nSPS) is 11.6. The molecule has 8 nitrogen and oxygen atoms in total. The second kappa shape index (κ2) is 11.7. The van der Waals surface area contributed by atoms with Crippen LogP contribution in [0.5, 0.6) is 0 Å². The van der Waals surface area contributed by atoms with E-state index in [0.717, 1.165) is 16.1 Å². The number of carbonyl (C=O) groups excluding carboxylic acids is 1. The summed E-state index contributed by atoms with van der Waals surface area (Å²) in [6, 6.07) is 14.4. The van der Waals surface area contributed by atoms with Gasteiger partial charge >= 0.3 is 5.97 Å². The number of benzene rings is 3. The van der Waals surface area contributed by atoms with Gasteiger partial charge in [-0.25, -0.2) is 8.42 Å². The van der Waals surface area contributed by atoms with E-state index < -0.39 is 22.5 Å². The fourth-order valence-corrected chi connectivity index (χ4v) is 5.89. The number of halogens is 3. The maximum Gasteiger partial charge on any atom is 0.326 e. The Balaban J connectivity index is 1.78. The van der Waals surface area contributed by atoms with E-state index in [4.69, 9.17) is 44.1 Å². The molecular weight excluding hydrogens is 561 g/mol. The quantitative estimate of drug-likeness (QED) is 0.120. The highest BCUT2D eigenvalue weighted by atomic mass is 35.5. The van der Waals surface area contributed by atoms with Crippen LogP contribution in [0.15, 0.2) is 64.0 Å². The molecule has 0 aliphatic rings. The number of hydrogen-bond donors (Lipinski definition) is 0. The number of fused-ring (bicyclic) bond motifs is 1. The highest BCUT2D eigenvalue weighted by Gasteiger charge is 2.29. The van der Waals surface area contributed by atoms with Crippen LogP contribution in [0.4, 0.5) is 5.69 Å². The third-order valence-electron chi connectivity index (χ3n) is 5.43. The fourth-order valence-electron chi connectivity index (χ4n) is 3.65. The maximum absolute atomic E-state index is 13.7. The number of carbonyl (C=O) groups is 1. The number of rotatable bonds is 10. The van der Waals surface area contributed by atoms with E-state index >= 15 is 0 Å². The van der Waals surface area contributed by atoms with Gasteiger partial charge < -0.3 is 9.26 Å². The summed E-state index contributed by atoms with van der Waals surface area (Å²) < 4.78 is 38.8. The second-order valence-electron chi connectivity index (χ2n) is 8.05. The molecule has 1 heterocycles. The fraction of sp³-hybridized carbons (Fsp3) is 0.240. The summed E-state index contributed by atoms with van der Waals surface area (Å²) >= 11 is 17.9. The zero-order valence-corrected chi connectivity index (χ0v) is 22.7. The summed E-state index contributed by atoms with van der Waals surface area (Å²) in [5.74, 6) is 0.0339. The zero-order valence-electron chi connectivity index (χ0n) is 19.7. The summed E-state index contributed by atoms with van der Waals surface area (Å²) in [6.07, 6.45) is 1.50. The molecule has 0 atom stereocenters. The van der Waals surface area contributed by atoms with E-state index in [1.54, 1.807) is 24.3 Å². The van der Waals surface area contributed by atoms with Gasteiger partial charge in [-0.2, -0.15) is 4.98 Å². The molecule has 0 amide bonds. The van der Waals surface area contributed by atoms with Gasteiger partial charge in [-0.1, -0.05) is 66.0 Å². The molecule has 0 aliphatic heterocycles. The van der Waals surface area contributed by atoms with Crippen LogP contribution in [0.2, 0.25) is 10.0 Å². The van der Waals surface area contributed by atoms with Crippen LogP contribution in [0.1, 0.15) is 25.7 Å². The number of nitrogens with zero attached hydrogens (tertiary/aromatic N) is 3. The molecule has 1 aromatic heterocycles. The number of unbranched alkanes of at least 4 members (excludes halogenated alkanes) is 1. The Labute approximate surface area is 229 Å². The summed E-state index contributed by atoms with van der Waals surface area (Å²) in [5.41, 5.74) is 0.932. The Morgan fingerprint density at radius 3 is 2.51 bits per heavy atom. The Kier molecular flexibility index (Phi) is 8.59.